The number of aromatic nitrogens is 1. The Morgan fingerprint density at radius 1 is 1.04 bits per heavy atom. The summed E-state index contributed by atoms with van der Waals surface area (Å²) in [6.07, 6.45) is 0.315. The molecule has 1 aromatic heterocycles. The number of carbonyl (C=O) groups excluding carboxylic acids is 2. The summed E-state index contributed by atoms with van der Waals surface area (Å²) in [7, 11) is 1.50. The van der Waals surface area contributed by atoms with E-state index in [9.17, 15) is 23.1 Å². The van der Waals surface area contributed by atoms with E-state index in [-0.39, 0.29) is 34.5 Å². The van der Waals surface area contributed by atoms with Gasteiger partial charge in [0.05, 0.1) is 42.4 Å². The predicted molar refractivity (Wildman–Crippen MR) is 182 cm³/mol. The second-order valence-electron chi connectivity index (χ2n) is 13.6. The normalized spacial score (nSPS) is 19.6. The fraction of sp³-hybridized carbons (Fsp3) is 0.515. The number of benzene rings is 2. The van der Waals surface area contributed by atoms with Crippen LogP contribution in [0.1, 0.15) is 38.3 Å². The van der Waals surface area contributed by atoms with Gasteiger partial charge in [-0.3, -0.25) is 24.6 Å². The molecule has 47 heavy (non-hydrogen) atoms. The number of para-hydroxylation sites is 1. The second kappa shape index (κ2) is 13.3. The number of aryl methyl sites for hydroxylation is 1. The average molecular weight is 671 g/mol. The highest BCUT2D eigenvalue weighted by Crippen LogP contribution is 2.39. The van der Waals surface area contributed by atoms with Crippen molar-refractivity contribution in [3.05, 3.63) is 47.5 Å². The van der Waals surface area contributed by atoms with E-state index in [1.807, 2.05) is 61.4 Å². The van der Waals surface area contributed by atoms with Crippen LogP contribution in [0.2, 0.25) is 0 Å². The van der Waals surface area contributed by atoms with Crippen LogP contribution in [-0.4, -0.2) is 110 Å². The van der Waals surface area contributed by atoms with Crippen LogP contribution in [0.3, 0.4) is 0 Å². The van der Waals surface area contributed by atoms with E-state index in [1.54, 1.807) is 18.2 Å². The van der Waals surface area contributed by atoms with Crippen molar-refractivity contribution in [3.63, 3.8) is 0 Å². The lowest BCUT2D eigenvalue weighted by molar-refractivity contribution is -0.137. The lowest BCUT2D eigenvalue weighted by Gasteiger charge is -2.37. The number of sulfonamides is 1. The van der Waals surface area contributed by atoms with Crippen LogP contribution in [0, 0.1) is 0 Å². The zero-order chi connectivity index (χ0) is 34.3. The minimum absolute atomic E-state index is 0.0824. The van der Waals surface area contributed by atoms with E-state index >= 15 is 0 Å². The number of methoxy groups -OCH3 is 1. The third kappa shape index (κ3) is 7.83. The molecule has 0 aliphatic carbocycles. The van der Waals surface area contributed by atoms with Gasteiger partial charge in [0.25, 0.3) is 0 Å². The number of fused-ring (bicyclic) bond motifs is 1. The lowest BCUT2D eigenvalue weighted by Crippen LogP contribution is -2.52. The summed E-state index contributed by atoms with van der Waals surface area (Å²) in [4.78, 5) is 32.5. The molecule has 0 unspecified atom stereocenters. The molecule has 3 aromatic rings. The van der Waals surface area contributed by atoms with Crippen molar-refractivity contribution in [2.75, 3.05) is 63.2 Å². The average Bonchev–Trinajstić information content (AvgIpc) is 3.49. The molecular weight excluding hydrogens is 624 g/mol. The van der Waals surface area contributed by atoms with Crippen LogP contribution in [0.5, 0.6) is 11.6 Å². The predicted octanol–water partition coefficient (Wildman–Crippen LogP) is 3.18. The van der Waals surface area contributed by atoms with E-state index in [4.69, 9.17) is 9.47 Å². The number of hydrogen-bond donors (Lipinski definition) is 3. The van der Waals surface area contributed by atoms with Crippen molar-refractivity contribution in [2.45, 2.75) is 51.3 Å². The molecular formula is C33H46N6O7S. The molecule has 2 aliphatic rings. The summed E-state index contributed by atoms with van der Waals surface area (Å²) in [6, 6.07) is 11.0. The van der Waals surface area contributed by atoms with Gasteiger partial charge in [0.15, 0.2) is 5.75 Å². The quantitative estimate of drug-likeness (QED) is 0.329. The molecule has 0 radical (unpaired) electrons. The first-order valence-corrected chi connectivity index (χ1v) is 17.6. The molecule has 2 fully saturated rings. The van der Waals surface area contributed by atoms with Gasteiger partial charge >= 0.3 is 6.09 Å². The maximum Gasteiger partial charge on any atom is 0.418 e. The molecule has 0 spiro atoms. The van der Waals surface area contributed by atoms with Crippen molar-refractivity contribution in [1.29, 1.82) is 0 Å². The second-order valence-corrected chi connectivity index (χ2v) is 15.3. The maximum absolute atomic E-state index is 13.3. The number of nitrogens with zero attached hydrogens (tertiary/aromatic N) is 4. The van der Waals surface area contributed by atoms with Crippen molar-refractivity contribution >= 4 is 44.3 Å². The Bertz CT molecular complexity index is 1760. The topological polar surface area (TPSA) is 146 Å². The fourth-order valence-electron chi connectivity index (χ4n) is 6.42. The number of anilines is 2. The van der Waals surface area contributed by atoms with Gasteiger partial charge in [-0.05, 0) is 42.1 Å². The third-order valence-corrected chi connectivity index (χ3v) is 9.46. The number of hydrogen-bond acceptors (Lipinski definition) is 9. The van der Waals surface area contributed by atoms with Gasteiger partial charge in [-0.25, -0.2) is 13.2 Å². The first-order chi connectivity index (χ1) is 22.0. The summed E-state index contributed by atoms with van der Waals surface area (Å²) >= 11 is 0. The molecule has 3 N–H and O–H groups in total. The zero-order valence-electron chi connectivity index (χ0n) is 28.2. The first-order valence-electron chi connectivity index (χ1n) is 15.7. The molecule has 5 rings (SSSR count). The Morgan fingerprint density at radius 2 is 1.72 bits per heavy atom. The van der Waals surface area contributed by atoms with Gasteiger partial charge in [-0.1, -0.05) is 39.0 Å². The number of aliphatic hydroxyl groups excluding tert-OH is 1. The molecule has 2 amide bonds. The van der Waals surface area contributed by atoms with Gasteiger partial charge in [0.2, 0.25) is 21.8 Å². The highest BCUT2D eigenvalue weighted by Gasteiger charge is 2.37. The number of nitrogens with one attached hydrogen (secondary N) is 2. The number of likely N-dealkylation sites (N-methyl/N-ethyl adjacent to an activating group) is 1. The van der Waals surface area contributed by atoms with Gasteiger partial charge < -0.3 is 24.0 Å². The number of aliphatic hydroxyl groups is 1. The molecule has 256 valence electrons. The third-order valence-electron chi connectivity index (χ3n) is 8.87. The Morgan fingerprint density at radius 3 is 2.32 bits per heavy atom. The van der Waals surface area contributed by atoms with Gasteiger partial charge in [0, 0.05) is 57.8 Å². The van der Waals surface area contributed by atoms with Gasteiger partial charge in [-0.2, -0.15) is 0 Å². The number of rotatable bonds is 8. The van der Waals surface area contributed by atoms with Crippen molar-refractivity contribution in [3.8, 4) is 11.6 Å². The van der Waals surface area contributed by atoms with Crippen LogP contribution in [0.25, 0.3) is 10.9 Å². The fourth-order valence-corrected chi connectivity index (χ4v) is 6.97. The van der Waals surface area contributed by atoms with E-state index in [0.717, 1.165) is 41.4 Å². The number of likely N-dealkylation sites (tertiary alicyclic amines) is 1. The van der Waals surface area contributed by atoms with Crippen LogP contribution in [-0.2, 0) is 33.8 Å². The summed E-state index contributed by atoms with van der Waals surface area (Å²) in [5.41, 5.74) is 2.90. The largest absolute Gasteiger partial charge is 0.492 e. The molecule has 3 heterocycles. The molecule has 0 saturated carbocycles. The minimum atomic E-state index is -3.62. The molecule has 0 bridgehead atoms. The molecule has 14 heteroatoms. The van der Waals surface area contributed by atoms with Gasteiger partial charge in [0.1, 0.15) is 0 Å². The number of carbonyl (C=O) groups is 2. The van der Waals surface area contributed by atoms with Gasteiger partial charge in [-0.15, -0.1) is 0 Å². The van der Waals surface area contributed by atoms with Crippen molar-refractivity contribution in [2.24, 2.45) is 7.05 Å². The van der Waals surface area contributed by atoms with E-state index in [2.05, 4.69) is 21.0 Å². The zero-order valence-corrected chi connectivity index (χ0v) is 29.0. The Hall–Kier alpha value is -3.85. The summed E-state index contributed by atoms with van der Waals surface area (Å²) in [6.45, 7) is 9.83. The summed E-state index contributed by atoms with van der Waals surface area (Å²) in [5.74, 6) is 0.581. The Labute approximate surface area is 276 Å². The van der Waals surface area contributed by atoms with E-state index < -0.39 is 22.2 Å². The number of ether oxygens (including phenoxy) is 2. The summed E-state index contributed by atoms with van der Waals surface area (Å²) in [5, 5.41) is 13.6. The Balaban J connectivity index is 1.30. The highest BCUT2D eigenvalue weighted by atomic mass is 32.2. The number of β-amino-alcohol motifs (C(OH)–C–C–N with tert-alkyl or cyclic N) is 1. The molecule has 2 atom stereocenters. The molecule has 2 aliphatic heterocycles. The smallest absolute Gasteiger partial charge is 0.418 e. The van der Waals surface area contributed by atoms with Crippen LogP contribution < -0.4 is 19.5 Å². The highest BCUT2D eigenvalue weighted by molar-refractivity contribution is 7.92. The van der Waals surface area contributed by atoms with Crippen LogP contribution in [0.4, 0.5) is 16.2 Å². The maximum atomic E-state index is 13.3. The monoisotopic (exact) mass is 670 g/mol. The Kier molecular flexibility index (Phi) is 9.79. The van der Waals surface area contributed by atoms with Crippen LogP contribution >= 0.6 is 0 Å². The molecule has 2 saturated heterocycles. The summed E-state index contributed by atoms with van der Waals surface area (Å²) < 4.78 is 39.8. The number of amides is 2. The number of piperazine rings is 1. The van der Waals surface area contributed by atoms with Crippen molar-refractivity contribution < 1.29 is 32.6 Å². The molecule has 2 aromatic carbocycles. The SMILES string of the molecule is COc1c(NC(=O)Oc2cc3cccc(CN4CCN(C(=O)[C@H]5C[C@H](O)CN5C)CC4)c3n2C)cc(C(C)(C)C)cc1NS(C)(=O)=O. The van der Waals surface area contributed by atoms with E-state index in [0.29, 0.717) is 38.5 Å². The standard InChI is InChI=1S/C33H46N6O7S/c1-33(2,3)23-16-25(30(45-6)26(17-23)35-47(7,43)44)34-32(42)46-28-15-21-9-8-10-22(29(21)37(28)5)19-38-11-13-39(14-12-38)31(41)27-18-24(40)20-36(27)4/h8-10,15-17,24,27,35,40H,11-14,18-20H2,1-7H3,(H,34,42)/t24-,27+/m0/s1. The minimum Gasteiger partial charge on any atom is -0.492 e. The first kappa shape index (κ1) is 34.5. The van der Waals surface area contributed by atoms with Crippen LogP contribution in [0.15, 0.2) is 36.4 Å². The lowest BCUT2D eigenvalue weighted by atomic mass is 9.86. The van der Waals surface area contributed by atoms with Crippen molar-refractivity contribution in [1.82, 2.24) is 19.3 Å². The van der Waals surface area contributed by atoms with E-state index in [1.165, 1.54) is 7.11 Å². The molecule has 13 nitrogen and oxygen atoms in total.